The summed E-state index contributed by atoms with van der Waals surface area (Å²) in [6.45, 7) is 9.20. The van der Waals surface area contributed by atoms with Gasteiger partial charge in [-0.15, -0.1) is 11.3 Å². The zero-order valence-corrected chi connectivity index (χ0v) is 17.9. The van der Waals surface area contributed by atoms with Crippen LogP contribution >= 0.6 is 34.7 Å². The number of fused-ring (bicyclic) bond motifs is 1. The Balaban J connectivity index is 1.75. The highest BCUT2D eigenvalue weighted by molar-refractivity contribution is 8.03. The molecule has 0 bridgehead atoms. The zero-order valence-electron chi connectivity index (χ0n) is 15.5. The lowest BCUT2D eigenvalue weighted by atomic mass is 10.0. The van der Waals surface area contributed by atoms with Crippen LogP contribution in [0.2, 0.25) is 0 Å². The molecule has 2 aromatic rings. The minimum atomic E-state index is -0.261. The Morgan fingerprint density at radius 1 is 1.38 bits per heavy atom. The number of rotatable bonds is 6. The monoisotopic (exact) mass is 409 g/mol. The van der Waals surface area contributed by atoms with Crippen LogP contribution in [0.5, 0.6) is 0 Å². The topological polar surface area (TPSA) is 45.2 Å². The van der Waals surface area contributed by atoms with Crippen LogP contribution in [0.3, 0.4) is 0 Å². The maximum absolute atomic E-state index is 12.7. The lowest BCUT2D eigenvalue weighted by Gasteiger charge is -2.14. The SMILES string of the molecule is CCN1CSC(NC(=O)C(C)c2ccc3sc(CC(C)C)nc3c2)=C1Cl. The third-order valence-corrected chi connectivity index (χ3v) is 7.00. The molecule has 0 spiro atoms. The average molecular weight is 410 g/mol. The Kier molecular flexibility index (Phi) is 6.15. The Morgan fingerprint density at radius 2 is 2.15 bits per heavy atom. The molecule has 3 rings (SSSR count). The molecule has 1 atom stereocenters. The number of benzene rings is 1. The molecule has 4 nitrogen and oxygen atoms in total. The number of nitrogens with one attached hydrogen (secondary N) is 1. The molecule has 1 aliphatic rings. The molecule has 1 aromatic carbocycles. The van der Waals surface area contributed by atoms with Crippen LogP contribution in [-0.4, -0.2) is 28.2 Å². The number of carbonyl (C=O) groups is 1. The summed E-state index contributed by atoms with van der Waals surface area (Å²) in [6.07, 6.45) is 0.989. The first-order valence-electron chi connectivity index (χ1n) is 8.86. The molecule has 1 amide bonds. The quantitative estimate of drug-likeness (QED) is 0.673. The van der Waals surface area contributed by atoms with Gasteiger partial charge in [0.05, 0.1) is 27.0 Å². The van der Waals surface area contributed by atoms with Crippen molar-refractivity contribution in [2.24, 2.45) is 5.92 Å². The predicted molar refractivity (Wildman–Crippen MR) is 112 cm³/mol. The van der Waals surface area contributed by atoms with Gasteiger partial charge in [0.25, 0.3) is 0 Å². The average Bonchev–Trinajstić information content (AvgIpc) is 3.15. The third kappa shape index (κ3) is 4.18. The van der Waals surface area contributed by atoms with Gasteiger partial charge in [-0.2, -0.15) is 0 Å². The van der Waals surface area contributed by atoms with Gasteiger partial charge in [0, 0.05) is 13.0 Å². The van der Waals surface area contributed by atoms with Crippen molar-refractivity contribution < 1.29 is 4.79 Å². The van der Waals surface area contributed by atoms with E-state index in [1.165, 1.54) is 4.70 Å². The van der Waals surface area contributed by atoms with Crippen LogP contribution in [0.1, 0.15) is 44.2 Å². The van der Waals surface area contributed by atoms with Crippen molar-refractivity contribution in [1.82, 2.24) is 15.2 Å². The van der Waals surface area contributed by atoms with Crippen molar-refractivity contribution in [1.29, 1.82) is 0 Å². The number of nitrogens with zero attached hydrogens (tertiary/aromatic N) is 2. The first kappa shape index (κ1) is 19.5. The van der Waals surface area contributed by atoms with Crippen molar-refractivity contribution in [2.45, 2.75) is 40.0 Å². The Hall–Kier alpha value is -1.24. The fourth-order valence-corrected chi connectivity index (χ4v) is 5.43. The second kappa shape index (κ2) is 8.19. The first-order chi connectivity index (χ1) is 12.4. The number of aromatic nitrogens is 1. The van der Waals surface area contributed by atoms with E-state index in [1.807, 2.05) is 30.9 Å². The number of hydrogen-bond acceptors (Lipinski definition) is 5. The maximum atomic E-state index is 12.7. The van der Waals surface area contributed by atoms with Crippen LogP contribution in [0.25, 0.3) is 10.2 Å². The molecule has 140 valence electrons. The molecule has 1 unspecified atom stereocenters. The molecule has 0 saturated carbocycles. The smallest absolute Gasteiger partial charge is 0.232 e. The summed E-state index contributed by atoms with van der Waals surface area (Å²) < 4.78 is 1.17. The summed E-state index contributed by atoms with van der Waals surface area (Å²) in [7, 11) is 0. The maximum Gasteiger partial charge on any atom is 0.232 e. The van der Waals surface area contributed by atoms with Crippen LogP contribution in [0.4, 0.5) is 0 Å². The van der Waals surface area contributed by atoms with Crippen LogP contribution in [0.15, 0.2) is 28.4 Å². The van der Waals surface area contributed by atoms with E-state index in [-0.39, 0.29) is 11.8 Å². The van der Waals surface area contributed by atoms with Crippen LogP contribution < -0.4 is 5.32 Å². The zero-order chi connectivity index (χ0) is 18.8. The van der Waals surface area contributed by atoms with Crippen molar-refractivity contribution in [3.63, 3.8) is 0 Å². The highest BCUT2D eigenvalue weighted by atomic mass is 35.5. The third-order valence-electron chi connectivity index (χ3n) is 4.38. The first-order valence-corrected chi connectivity index (χ1v) is 11.0. The predicted octanol–water partition coefficient (Wildman–Crippen LogP) is 5.11. The number of amides is 1. The summed E-state index contributed by atoms with van der Waals surface area (Å²) in [5, 5.41) is 5.52. The summed E-state index contributed by atoms with van der Waals surface area (Å²) in [5.74, 6) is 1.07. The standard InChI is InChI=1S/C19H24ClN3OS2/c1-5-23-10-25-19(17(23)20)22-18(24)12(4)13-6-7-15-14(9-13)21-16(26-15)8-11(2)3/h6-7,9,11-12H,5,8,10H2,1-4H3,(H,22,24). The van der Waals surface area contributed by atoms with E-state index in [4.69, 9.17) is 16.6 Å². The van der Waals surface area contributed by atoms with Gasteiger partial charge in [0.15, 0.2) is 0 Å². The second-order valence-corrected chi connectivity index (χ2v) is 9.32. The molecule has 0 saturated heterocycles. The van der Waals surface area contributed by atoms with Crippen molar-refractivity contribution >= 4 is 50.8 Å². The molecule has 7 heteroatoms. The normalized spacial score (nSPS) is 16.0. The van der Waals surface area contributed by atoms with Crippen molar-refractivity contribution in [2.75, 3.05) is 12.4 Å². The molecule has 0 aliphatic carbocycles. The van der Waals surface area contributed by atoms with Gasteiger partial charge in [-0.05, 0) is 37.5 Å². The molecule has 1 aliphatic heterocycles. The van der Waals surface area contributed by atoms with E-state index in [0.29, 0.717) is 11.1 Å². The number of carbonyl (C=O) groups excluding carboxylic acids is 1. The van der Waals surface area contributed by atoms with E-state index >= 15 is 0 Å². The van der Waals surface area contributed by atoms with E-state index in [2.05, 4.69) is 25.2 Å². The fourth-order valence-electron chi connectivity index (χ4n) is 2.79. The Labute approximate surface area is 168 Å². The molecule has 0 radical (unpaired) electrons. The molecule has 2 heterocycles. The highest BCUT2D eigenvalue weighted by Crippen LogP contribution is 2.33. The molecular formula is C19H24ClN3OS2. The number of thiazole rings is 1. The highest BCUT2D eigenvalue weighted by Gasteiger charge is 2.24. The van der Waals surface area contributed by atoms with E-state index < -0.39 is 0 Å². The molecule has 26 heavy (non-hydrogen) atoms. The van der Waals surface area contributed by atoms with Gasteiger partial charge in [0.1, 0.15) is 10.2 Å². The van der Waals surface area contributed by atoms with Gasteiger partial charge in [-0.3, -0.25) is 4.79 Å². The molecule has 1 N–H and O–H groups in total. The number of thioether (sulfide) groups is 1. The van der Waals surface area contributed by atoms with Crippen LogP contribution in [0, 0.1) is 5.92 Å². The minimum Gasteiger partial charge on any atom is -0.351 e. The number of hydrogen-bond donors (Lipinski definition) is 1. The summed E-state index contributed by atoms with van der Waals surface area (Å²) >= 11 is 9.63. The van der Waals surface area contributed by atoms with Gasteiger partial charge >= 0.3 is 0 Å². The molecular weight excluding hydrogens is 386 g/mol. The largest absolute Gasteiger partial charge is 0.351 e. The van der Waals surface area contributed by atoms with Gasteiger partial charge < -0.3 is 10.2 Å². The van der Waals surface area contributed by atoms with E-state index in [1.54, 1.807) is 23.1 Å². The number of halogens is 1. The van der Waals surface area contributed by atoms with Gasteiger partial charge in [-0.25, -0.2) is 4.98 Å². The Morgan fingerprint density at radius 3 is 2.81 bits per heavy atom. The lowest BCUT2D eigenvalue weighted by Crippen LogP contribution is -2.26. The Bertz CT molecular complexity index is 846. The summed E-state index contributed by atoms with van der Waals surface area (Å²) in [5.41, 5.74) is 1.95. The van der Waals surface area contributed by atoms with Crippen molar-refractivity contribution in [3.05, 3.63) is 39.0 Å². The van der Waals surface area contributed by atoms with E-state index in [0.717, 1.165) is 40.0 Å². The van der Waals surface area contributed by atoms with Crippen LogP contribution in [-0.2, 0) is 11.2 Å². The van der Waals surface area contributed by atoms with Gasteiger partial charge in [-0.1, -0.05) is 43.3 Å². The van der Waals surface area contributed by atoms with E-state index in [9.17, 15) is 4.79 Å². The van der Waals surface area contributed by atoms with Crippen molar-refractivity contribution in [3.8, 4) is 0 Å². The minimum absolute atomic E-state index is 0.0411. The molecule has 0 fully saturated rings. The summed E-state index contributed by atoms with van der Waals surface area (Å²) in [4.78, 5) is 19.4. The second-order valence-electron chi connectivity index (χ2n) is 6.89. The summed E-state index contributed by atoms with van der Waals surface area (Å²) in [6, 6.07) is 6.14. The fraction of sp³-hybridized carbons (Fsp3) is 0.474. The van der Waals surface area contributed by atoms with Gasteiger partial charge in [0.2, 0.25) is 5.91 Å². The lowest BCUT2D eigenvalue weighted by molar-refractivity contribution is -0.121. The molecule has 1 aromatic heterocycles.